The number of carboxylic acid groups (broad SMARTS) is 1. The molecular formula is C15H14N2O5. The predicted octanol–water partition coefficient (Wildman–Crippen LogP) is 0.459. The van der Waals surface area contributed by atoms with Gasteiger partial charge in [-0.1, -0.05) is 12.1 Å². The maximum absolute atomic E-state index is 12.2. The molecule has 0 aliphatic carbocycles. The fraction of sp³-hybridized carbons (Fsp3) is 0.133. The van der Waals surface area contributed by atoms with Crippen LogP contribution in [-0.4, -0.2) is 28.2 Å². The molecule has 0 saturated heterocycles. The molecule has 0 unspecified atom stereocenters. The summed E-state index contributed by atoms with van der Waals surface area (Å²) in [6.07, 6.45) is 1.57. The van der Waals surface area contributed by atoms with Crippen molar-refractivity contribution in [2.45, 2.75) is 6.54 Å². The van der Waals surface area contributed by atoms with Crippen molar-refractivity contribution in [2.75, 3.05) is 6.61 Å². The minimum atomic E-state index is -1.01. The summed E-state index contributed by atoms with van der Waals surface area (Å²) in [6.45, 7) is -0.112. The van der Waals surface area contributed by atoms with Crippen molar-refractivity contribution in [1.29, 1.82) is 0 Å². The van der Waals surface area contributed by atoms with Crippen LogP contribution < -0.4 is 16.0 Å². The molecule has 3 N–H and O–H groups in total. The van der Waals surface area contributed by atoms with Crippen LogP contribution in [0, 0.1) is 0 Å². The van der Waals surface area contributed by atoms with Crippen LogP contribution in [0.25, 0.3) is 0 Å². The Bertz CT molecular complexity index is 749. The first-order valence-electron chi connectivity index (χ1n) is 6.40. The van der Waals surface area contributed by atoms with Crippen LogP contribution in [0.4, 0.5) is 0 Å². The summed E-state index contributed by atoms with van der Waals surface area (Å²) in [7, 11) is 0. The van der Waals surface area contributed by atoms with Gasteiger partial charge in [-0.2, -0.15) is 0 Å². The highest BCUT2D eigenvalue weighted by molar-refractivity contribution is 5.87. The first-order chi connectivity index (χ1) is 10.5. The molecule has 1 aromatic carbocycles. The Morgan fingerprint density at radius 2 is 1.86 bits per heavy atom. The molecule has 22 heavy (non-hydrogen) atoms. The molecule has 7 nitrogen and oxygen atoms in total. The maximum atomic E-state index is 12.2. The number of ether oxygens (including phenoxy) is 1. The second-order valence-electron chi connectivity index (χ2n) is 4.56. The average molecular weight is 302 g/mol. The molecule has 114 valence electrons. The van der Waals surface area contributed by atoms with Crippen LogP contribution in [0.15, 0.2) is 47.4 Å². The zero-order valence-electron chi connectivity index (χ0n) is 11.6. The first kappa shape index (κ1) is 15.3. The highest BCUT2D eigenvalue weighted by Gasteiger charge is 2.07. The van der Waals surface area contributed by atoms with E-state index in [1.807, 2.05) is 0 Å². The minimum absolute atomic E-state index is 0.0310. The molecule has 0 atom stereocenters. The summed E-state index contributed by atoms with van der Waals surface area (Å²) in [5.41, 5.74) is 5.51. The third kappa shape index (κ3) is 3.72. The van der Waals surface area contributed by atoms with Gasteiger partial charge in [0.25, 0.3) is 11.5 Å². The molecule has 0 bridgehead atoms. The number of primary amides is 1. The number of carboxylic acids is 1. The van der Waals surface area contributed by atoms with Crippen molar-refractivity contribution >= 4 is 11.9 Å². The van der Waals surface area contributed by atoms with Gasteiger partial charge in [-0.25, -0.2) is 4.79 Å². The molecule has 0 spiro atoms. The van der Waals surface area contributed by atoms with E-state index in [0.717, 1.165) is 5.56 Å². The second-order valence-corrected chi connectivity index (χ2v) is 4.56. The molecule has 1 heterocycles. The van der Waals surface area contributed by atoms with E-state index in [1.165, 1.54) is 22.8 Å². The van der Waals surface area contributed by atoms with Crippen molar-refractivity contribution < 1.29 is 19.4 Å². The lowest BCUT2D eigenvalue weighted by molar-refractivity contribution is -0.119. The third-order valence-corrected chi connectivity index (χ3v) is 2.91. The number of benzene rings is 1. The lowest BCUT2D eigenvalue weighted by Crippen LogP contribution is -2.26. The average Bonchev–Trinajstić information content (AvgIpc) is 2.48. The van der Waals surface area contributed by atoms with Gasteiger partial charge in [0.2, 0.25) is 0 Å². The number of rotatable bonds is 6. The van der Waals surface area contributed by atoms with Crippen LogP contribution in [0.2, 0.25) is 0 Å². The Morgan fingerprint density at radius 3 is 2.45 bits per heavy atom. The fourth-order valence-electron chi connectivity index (χ4n) is 1.85. The first-order valence-corrected chi connectivity index (χ1v) is 6.40. The van der Waals surface area contributed by atoms with Crippen LogP contribution in [-0.2, 0) is 11.3 Å². The molecule has 1 amide bonds. The molecule has 0 aliphatic rings. The number of carbonyl (C=O) groups is 2. The van der Waals surface area contributed by atoms with Crippen LogP contribution >= 0.6 is 0 Å². The SMILES string of the molecule is NC(=O)COc1cccn(Cc2ccc(C(=O)O)cc2)c1=O. The van der Waals surface area contributed by atoms with Crippen molar-refractivity contribution in [2.24, 2.45) is 5.73 Å². The van der Waals surface area contributed by atoms with Crippen LogP contribution in [0.3, 0.4) is 0 Å². The Morgan fingerprint density at radius 1 is 1.18 bits per heavy atom. The van der Waals surface area contributed by atoms with E-state index in [2.05, 4.69) is 0 Å². The Labute approximate surface area is 125 Å². The Hall–Kier alpha value is -3.09. The number of amides is 1. The van der Waals surface area contributed by atoms with Gasteiger partial charge in [0.15, 0.2) is 12.4 Å². The molecule has 7 heteroatoms. The van der Waals surface area contributed by atoms with E-state index in [4.69, 9.17) is 15.6 Å². The molecule has 1 aromatic heterocycles. The van der Waals surface area contributed by atoms with Crippen molar-refractivity contribution in [3.8, 4) is 5.75 Å². The highest BCUT2D eigenvalue weighted by Crippen LogP contribution is 2.07. The smallest absolute Gasteiger partial charge is 0.335 e. The Balaban J connectivity index is 2.19. The van der Waals surface area contributed by atoms with Gasteiger partial charge in [-0.15, -0.1) is 0 Å². The van der Waals surface area contributed by atoms with Gasteiger partial charge in [-0.05, 0) is 29.8 Å². The number of hydrogen-bond acceptors (Lipinski definition) is 4. The topological polar surface area (TPSA) is 112 Å². The van der Waals surface area contributed by atoms with Gasteiger partial charge < -0.3 is 20.1 Å². The second kappa shape index (κ2) is 6.57. The molecule has 2 aromatic rings. The van der Waals surface area contributed by atoms with E-state index in [-0.39, 0.29) is 24.5 Å². The summed E-state index contributed by atoms with van der Waals surface area (Å²) in [5, 5.41) is 8.84. The lowest BCUT2D eigenvalue weighted by atomic mass is 10.1. The number of carbonyl (C=O) groups excluding carboxylic acids is 1. The van der Waals surface area contributed by atoms with Crippen LogP contribution in [0.1, 0.15) is 15.9 Å². The highest BCUT2D eigenvalue weighted by atomic mass is 16.5. The molecule has 0 fully saturated rings. The van der Waals surface area contributed by atoms with E-state index >= 15 is 0 Å². The number of aromatic nitrogens is 1. The number of hydrogen-bond donors (Lipinski definition) is 2. The predicted molar refractivity (Wildman–Crippen MR) is 77.9 cm³/mol. The van der Waals surface area contributed by atoms with Crippen molar-refractivity contribution in [3.63, 3.8) is 0 Å². The standard InChI is InChI=1S/C15H14N2O5/c16-13(18)9-22-12-2-1-7-17(14(12)19)8-10-3-5-11(6-4-10)15(20)21/h1-7H,8-9H2,(H2,16,18)(H,20,21). The van der Waals surface area contributed by atoms with Crippen LogP contribution in [0.5, 0.6) is 5.75 Å². The lowest BCUT2D eigenvalue weighted by Gasteiger charge is -2.09. The number of aromatic carboxylic acids is 1. The van der Waals surface area contributed by atoms with Gasteiger partial charge in [0, 0.05) is 6.20 Å². The summed E-state index contributed by atoms with van der Waals surface area (Å²) < 4.78 is 6.44. The summed E-state index contributed by atoms with van der Waals surface area (Å²) in [4.78, 5) is 33.6. The largest absolute Gasteiger partial charge is 0.478 e. The van der Waals surface area contributed by atoms with Gasteiger partial charge >= 0.3 is 5.97 Å². The zero-order valence-corrected chi connectivity index (χ0v) is 11.6. The van der Waals surface area contributed by atoms with Crippen molar-refractivity contribution in [3.05, 3.63) is 64.1 Å². The zero-order chi connectivity index (χ0) is 16.1. The summed E-state index contributed by atoms with van der Waals surface area (Å²) >= 11 is 0. The summed E-state index contributed by atoms with van der Waals surface area (Å²) in [5.74, 6) is -1.65. The normalized spacial score (nSPS) is 10.2. The number of pyridine rings is 1. The molecule has 2 rings (SSSR count). The third-order valence-electron chi connectivity index (χ3n) is 2.91. The summed E-state index contributed by atoms with van der Waals surface area (Å²) in [6, 6.07) is 9.27. The quantitative estimate of drug-likeness (QED) is 0.805. The van der Waals surface area contributed by atoms with Gasteiger partial charge in [0.05, 0.1) is 12.1 Å². The van der Waals surface area contributed by atoms with E-state index in [0.29, 0.717) is 0 Å². The molecule has 0 radical (unpaired) electrons. The molecular weight excluding hydrogens is 288 g/mol. The monoisotopic (exact) mass is 302 g/mol. The molecule has 0 saturated carbocycles. The maximum Gasteiger partial charge on any atom is 0.335 e. The molecule has 0 aliphatic heterocycles. The van der Waals surface area contributed by atoms with E-state index in [1.54, 1.807) is 24.4 Å². The Kier molecular flexibility index (Phi) is 4.57. The van der Waals surface area contributed by atoms with Crippen molar-refractivity contribution in [1.82, 2.24) is 4.57 Å². The number of nitrogens with two attached hydrogens (primary N) is 1. The fourth-order valence-corrected chi connectivity index (χ4v) is 1.85. The van der Waals surface area contributed by atoms with E-state index < -0.39 is 17.4 Å². The van der Waals surface area contributed by atoms with Gasteiger partial charge in [-0.3, -0.25) is 9.59 Å². The van der Waals surface area contributed by atoms with E-state index in [9.17, 15) is 14.4 Å². The number of nitrogens with zero attached hydrogens (tertiary/aromatic N) is 1. The minimum Gasteiger partial charge on any atom is -0.478 e. The van der Waals surface area contributed by atoms with Gasteiger partial charge in [0.1, 0.15) is 0 Å².